The highest BCUT2D eigenvalue weighted by molar-refractivity contribution is 14.1. The molecule has 1 aliphatic heterocycles. The van der Waals surface area contributed by atoms with Crippen LogP contribution in [0.2, 0.25) is 5.02 Å². The monoisotopic (exact) mass is 628 g/mol. The number of hydrogen-bond donors (Lipinski definition) is 3. The van der Waals surface area contributed by atoms with Crippen LogP contribution in [0.1, 0.15) is 24.0 Å². The molecule has 36 heavy (non-hydrogen) atoms. The van der Waals surface area contributed by atoms with Crippen LogP contribution in [-0.2, 0) is 19.1 Å². The summed E-state index contributed by atoms with van der Waals surface area (Å²) in [5.41, 5.74) is 4.25. The van der Waals surface area contributed by atoms with Gasteiger partial charge in [-0.05, 0) is 77.7 Å². The maximum atomic E-state index is 12.3. The minimum Gasteiger partial charge on any atom is -0.493 e. The zero-order valence-electron chi connectivity index (χ0n) is 19.7. The molecule has 0 unspecified atom stereocenters. The zero-order valence-corrected chi connectivity index (χ0v) is 22.6. The maximum Gasteiger partial charge on any atom is 0.329 e. The zero-order chi connectivity index (χ0) is 26.1. The molecule has 3 rings (SSSR count). The van der Waals surface area contributed by atoms with Gasteiger partial charge in [-0.1, -0.05) is 17.7 Å². The molecule has 1 saturated heterocycles. The summed E-state index contributed by atoms with van der Waals surface area (Å²) in [4.78, 5) is 36.1. The highest BCUT2D eigenvalue weighted by Crippen LogP contribution is 2.33. The van der Waals surface area contributed by atoms with Crippen LogP contribution in [-0.4, -0.2) is 56.9 Å². The second-order valence-corrected chi connectivity index (χ2v) is 9.45. The summed E-state index contributed by atoms with van der Waals surface area (Å²) >= 11 is 8.13. The Balaban J connectivity index is 1.53. The molecule has 1 aliphatic rings. The van der Waals surface area contributed by atoms with Crippen LogP contribution >= 0.6 is 34.2 Å². The van der Waals surface area contributed by atoms with Crippen molar-refractivity contribution >= 4 is 63.8 Å². The van der Waals surface area contributed by atoms with Gasteiger partial charge < -0.3 is 24.8 Å². The number of anilines is 1. The molecular formula is C24H26ClIN4O6. The molecule has 0 spiro atoms. The summed E-state index contributed by atoms with van der Waals surface area (Å²) in [6.07, 6.45) is 3.10. The summed E-state index contributed by atoms with van der Waals surface area (Å²) in [6, 6.07) is 8.58. The lowest BCUT2D eigenvalue weighted by atomic mass is 10.2. The third-order valence-corrected chi connectivity index (χ3v) is 6.36. The second kappa shape index (κ2) is 13.4. The number of benzene rings is 2. The summed E-state index contributed by atoms with van der Waals surface area (Å²) in [5, 5.41) is 9.64. The van der Waals surface area contributed by atoms with E-state index in [2.05, 4.69) is 21.2 Å². The number of rotatable bonds is 9. The van der Waals surface area contributed by atoms with E-state index in [0.717, 1.165) is 18.4 Å². The van der Waals surface area contributed by atoms with E-state index in [4.69, 9.17) is 25.8 Å². The fraction of sp³-hybridized carbons (Fsp3) is 0.333. The van der Waals surface area contributed by atoms with Crippen LogP contribution in [0.3, 0.4) is 0 Å². The normalized spacial score (nSPS) is 14.9. The Labute approximate surface area is 227 Å². The Bertz CT molecular complexity index is 1150. The molecule has 12 heteroatoms. The van der Waals surface area contributed by atoms with E-state index >= 15 is 0 Å². The summed E-state index contributed by atoms with van der Waals surface area (Å²) in [5.74, 6) is -1.28. The first-order valence-corrected chi connectivity index (χ1v) is 12.5. The number of halogens is 2. The van der Waals surface area contributed by atoms with Gasteiger partial charge in [-0.2, -0.15) is 5.10 Å². The van der Waals surface area contributed by atoms with Gasteiger partial charge in [-0.25, -0.2) is 5.43 Å². The summed E-state index contributed by atoms with van der Waals surface area (Å²) in [7, 11) is 1.47. The largest absolute Gasteiger partial charge is 0.493 e. The van der Waals surface area contributed by atoms with Crippen LogP contribution in [0.5, 0.6) is 11.5 Å². The van der Waals surface area contributed by atoms with Crippen molar-refractivity contribution in [2.75, 3.05) is 32.2 Å². The van der Waals surface area contributed by atoms with Gasteiger partial charge in [0.05, 0.1) is 23.0 Å². The Morgan fingerprint density at radius 3 is 2.75 bits per heavy atom. The Morgan fingerprint density at radius 1 is 1.25 bits per heavy atom. The predicted molar refractivity (Wildman–Crippen MR) is 144 cm³/mol. The fourth-order valence-corrected chi connectivity index (χ4v) is 4.23. The highest BCUT2D eigenvalue weighted by Gasteiger charge is 2.19. The number of hydrazone groups is 1. The van der Waals surface area contributed by atoms with Crippen LogP contribution in [0, 0.1) is 10.5 Å². The minimum atomic E-state index is -0.883. The minimum absolute atomic E-state index is 0.0623. The van der Waals surface area contributed by atoms with Gasteiger partial charge in [-0.15, -0.1) is 0 Å². The number of nitrogens with one attached hydrogen (secondary N) is 3. The van der Waals surface area contributed by atoms with E-state index in [0.29, 0.717) is 37.9 Å². The molecule has 0 radical (unpaired) electrons. The van der Waals surface area contributed by atoms with Crippen molar-refractivity contribution in [1.29, 1.82) is 0 Å². The number of carbonyl (C=O) groups excluding carboxylic acids is 3. The Hall–Kier alpha value is -2.90. The highest BCUT2D eigenvalue weighted by atomic mass is 127. The predicted octanol–water partition coefficient (Wildman–Crippen LogP) is 3.02. The van der Waals surface area contributed by atoms with Crippen molar-refractivity contribution in [3.63, 3.8) is 0 Å². The average molecular weight is 629 g/mol. The molecule has 1 fully saturated rings. The molecule has 3 N–H and O–H groups in total. The lowest BCUT2D eigenvalue weighted by Crippen LogP contribution is -2.41. The first kappa shape index (κ1) is 27.7. The molecule has 0 bridgehead atoms. The SMILES string of the molecule is COc1cc(/C=N\NC(=O)C(=O)NC[C@@H]2CCCO2)cc(I)c1OCC(=O)Nc1ccc(C)c(Cl)c1. The van der Waals surface area contributed by atoms with E-state index in [-0.39, 0.29) is 25.2 Å². The van der Waals surface area contributed by atoms with Crippen LogP contribution in [0.15, 0.2) is 35.4 Å². The molecule has 1 atom stereocenters. The van der Waals surface area contributed by atoms with Gasteiger partial charge in [0.1, 0.15) is 0 Å². The summed E-state index contributed by atoms with van der Waals surface area (Å²) < 4.78 is 17.1. The molecule has 3 amide bonds. The number of ether oxygens (including phenoxy) is 3. The van der Waals surface area contributed by atoms with E-state index in [9.17, 15) is 14.4 Å². The Kier molecular flexibility index (Phi) is 10.3. The quantitative estimate of drug-likeness (QED) is 0.170. The molecule has 192 valence electrons. The number of aryl methyl sites for hydroxylation is 1. The number of nitrogens with zero attached hydrogens (tertiary/aromatic N) is 1. The number of amides is 3. The molecule has 0 saturated carbocycles. The van der Waals surface area contributed by atoms with Crippen molar-refractivity contribution in [2.45, 2.75) is 25.9 Å². The lowest BCUT2D eigenvalue weighted by Gasteiger charge is -2.14. The lowest BCUT2D eigenvalue weighted by molar-refractivity contribution is -0.139. The van der Waals surface area contributed by atoms with Gasteiger partial charge in [0, 0.05) is 23.9 Å². The van der Waals surface area contributed by atoms with Crippen molar-refractivity contribution < 1.29 is 28.6 Å². The van der Waals surface area contributed by atoms with E-state index in [1.807, 2.05) is 35.6 Å². The standard InChI is InChI=1S/C24H26ClIN4O6/c1-14-5-6-16(10-18(14)25)29-21(31)13-36-22-19(26)8-15(9-20(22)34-2)11-28-30-24(33)23(32)27-12-17-4-3-7-35-17/h5-6,8-11,17H,3-4,7,12-13H2,1-2H3,(H,27,32)(H,29,31)(H,30,33)/b28-11-/t17-/m0/s1. The molecule has 0 aliphatic carbocycles. The van der Waals surface area contributed by atoms with Crippen LogP contribution < -0.4 is 25.5 Å². The van der Waals surface area contributed by atoms with E-state index in [1.54, 1.807) is 24.3 Å². The first-order valence-electron chi connectivity index (χ1n) is 11.1. The third-order valence-electron chi connectivity index (χ3n) is 5.16. The molecule has 2 aromatic carbocycles. The fourth-order valence-electron chi connectivity index (χ4n) is 3.27. The smallest absolute Gasteiger partial charge is 0.329 e. The van der Waals surface area contributed by atoms with Gasteiger partial charge in [0.25, 0.3) is 5.91 Å². The van der Waals surface area contributed by atoms with Gasteiger partial charge in [0.15, 0.2) is 18.1 Å². The van der Waals surface area contributed by atoms with Crippen LogP contribution in [0.25, 0.3) is 0 Å². The van der Waals surface area contributed by atoms with Gasteiger partial charge >= 0.3 is 11.8 Å². The van der Waals surface area contributed by atoms with E-state index in [1.165, 1.54) is 13.3 Å². The number of methoxy groups -OCH3 is 1. The number of hydrogen-bond acceptors (Lipinski definition) is 7. The molecule has 1 heterocycles. The third kappa shape index (κ3) is 8.07. The van der Waals surface area contributed by atoms with Crippen molar-refractivity contribution in [1.82, 2.24) is 10.7 Å². The topological polar surface area (TPSA) is 127 Å². The second-order valence-electron chi connectivity index (χ2n) is 7.88. The molecule has 0 aromatic heterocycles. The van der Waals surface area contributed by atoms with Crippen LogP contribution in [0.4, 0.5) is 5.69 Å². The van der Waals surface area contributed by atoms with Crippen molar-refractivity contribution in [3.05, 3.63) is 50.1 Å². The van der Waals surface area contributed by atoms with Gasteiger partial charge in [0.2, 0.25) is 0 Å². The van der Waals surface area contributed by atoms with Crippen molar-refractivity contribution in [3.8, 4) is 11.5 Å². The maximum absolute atomic E-state index is 12.3. The van der Waals surface area contributed by atoms with Crippen molar-refractivity contribution in [2.24, 2.45) is 5.10 Å². The number of carbonyl (C=O) groups is 3. The first-order chi connectivity index (χ1) is 17.3. The summed E-state index contributed by atoms with van der Waals surface area (Å²) in [6.45, 7) is 2.57. The Morgan fingerprint density at radius 2 is 2.06 bits per heavy atom. The molecule has 10 nitrogen and oxygen atoms in total. The average Bonchev–Trinajstić information content (AvgIpc) is 3.37. The van der Waals surface area contributed by atoms with E-state index < -0.39 is 11.8 Å². The molecule has 2 aromatic rings. The molecular weight excluding hydrogens is 603 g/mol. The van der Waals surface area contributed by atoms with Gasteiger partial charge in [-0.3, -0.25) is 14.4 Å².